The van der Waals surface area contributed by atoms with Crippen LogP contribution in [-0.2, 0) is 0 Å². The largest absolute Gasteiger partial charge is 0.308 e. The van der Waals surface area contributed by atoms with Gasteiger partial charge in [-0.15, -0.1) is 6.58 Å². The Morgan fingerprint density at radius 2 is 2.33 bits per heavy atom. The Balaban J connectivity index is 1.92. The Bertz CT molecular complexity index is 132. The minimum atomic E-state index is -0.193. The van der Waals surface area contributed by atoms with Gasteiger partial charge >= 0.3 is 0 Å². The zero-order chi connectivity index (χ0) is 8.81. The fraction of sp³-hybridized carbons (Fsp3) is 0.778. The molecule has 0 saturated carbocycles. The van der Waals surface area contributed by atoms with Gasteiger partial charge in [-0.1, -0.05) is 6.08 Å². The highest BCUT2D eigenvalue weighted by Gasteiger charge is 2.24. The molecule has 1 rings (SSSR count). The first kappa shape index (κ1) is 9.68. The van der Waals surface area contributed by atoms with Crippen molar-refractivity contribution in [1.29, 1.82) is 0 Å². The van der Waals surface area contributed by atoms with Crippen molar-refractivity contribution in [1.82, 2.24) is 10.2 Å². The molecule has 0 aromatic rings. The standard InChI is InChI=1S/C9H17FN2/c1-2-5-11-9-7-12(8-9)6-3-4-10/h2,9,11H,1,3-8H2. The minimum absolute atomic E-state index is 0.193. The fourth-order valence-electron chi connectivity index (χ4n) is 1.41. The van der Waals surface area contributed by atoms with E-state index >= 15 is 0 Å². The van der Waals surface area contributed by atoms with Crippen LogP contribution in [0.2, 0.25) is 0 Å². The van der Waals surface area contributed by atoms with E-state index in [-0.39, 0.29) is 6.67 Å². The van der Waals surface area contributed by atoms with E-state index in [2.05, 4.69) is 16.8 Å². The Morgan fingerprint density at radius 3 is 2.92 bits per heavy atom. The highest BCUT2D eigenvalue weighted by Crippen LogP contribution is 2.07. The van der Waals surface area contributed by atoms with Crippen molar-refractivity contribution in [2.75, 3.05) is 32.9 Å². The van der Waals surface area contributed by atoms with Gasteiger partial charge in [0.15, 0.2) is 0 Å². The molecule has 3 heteroatoms. The lowest BCUT2D eigenvalue weighted by molar-refractivity contribution is 0.124. The van der Waals surface area contributed by atoms with Crippen molar-refractivity contribution in [3.63, 3.8) is 0 Å². The summed E-state index contributed by atoms with van der Waals surface area (Å²) in [7, 11) is 0. The van der Waals surface area contributed by atoms with Crippen LogP contribution in [0.5, 0.6) is 0 Å². The Morgan fingerprint density at radius 1 is 1.58 bits per heavy atom. The second-order valence-corrected chi connectivity index (χ2v) is 3.20. The molecular weight excluding hydrogens is 155 g/mol. The third-order valence-electron chi connectivity index (χ3n) is 2.12. The third kappa shape index (κ3) is 2.91. The predicted octanol–water partition coefficient (Wildman–Crippen LogP) is 0.806. The van der Waals surface area contributed by atoms with Crippen LogP contribution in [0.4, 0.5) is 4.39 Å². The molecule has 1 heterocycles. The number of nitrogens with zero attached hydrogens (tertiary/aromatic N) is 1. The highest BCUT2D eigenvalue weighted by atomic mass is 19.1. The predicted molar refractivity (Wildman–Crippen MR) is 49.0 cm³/mol. The minimum Gasteiger partial charge on any atom is -0.308 e. The molecule has 0 aromatic carbocycles. The van der Waals surface area contributed by atoms with Gasteiger partial charge in [0.2, 0.25) is 0 Å². The molecule has 0 spiro atoms. The summed E-state index contributed by atoms with van der Waals surface area (Å²) < 4.78 is 11.8. The van der Waals surface area contributed by atoms with Crippen LogP contribution in [0.25, 0.3) is 0 Å². The number of likely N-dealkylation sites (tertiary alicyclic amines) is 1. The number of hydrogen-bond acceptors (Lipinski definition) is 2. The molecule has 0 unspecified atom stereocenters. The maximum Gasteiger partial charge on any atom is 0.0906 e. The van der Waals surface area contributed by atoms with E-state index in [0.717, 1.165) is 26.2 Å². The molecule has 0 radical (unpaired) electrons. The number of halogens is 1. The van der Waals surface area contributed by atoms with E-state index < -0.39 is 0 Å². The van der Waals surface area contributed by atoms with Crippen LogP contribution < -0.4 is 5.32 Å². The zero-order valence-corrected chi connectivity index (χ0v) is 7.43. The van der Waals surface area contributed by atoms with Gasteiger partial charge < -0.3 is 10.2 Å². The SMILES string of the molecule is C=CCNC1CN(CCCF)C1. The molecule has 0 aromatic heterocycles. The summed E-state index contributed by atoms with van der Waals surface area (Å²) in [5.74, 6) is 0. The highest BCUT2D eigenvalue weighted by molar-refractivity contribution is 4.87. The second kappa shape index (κ2) is 5.27. The molecule has 0 aliphatic carbocycles. The molecule has 0 atom stereocenters. The maximum atomic E-state index is 11.8. The molecule has 0 bridgehead atoms. The van der Waals surface area contributed by atoms with Crippen LogP contribution >= 0.6 is 0 Å². The van der Waals surface area contributed by atoms with E-state index in [1.807, 2.05) is 6.08 Å². The molecule has 1 N–H and O–H groups in total. The topological polar surface area (TPSA) is 15.3 Å². The van der Waals surface area contributed by atoms with E-state index in [4.69, 9.17) is 0 Å². The zero-order valence-electron chi connectivity index (χ0n) is 7.43. The van der Waals surface area contributed by atoms with Crippen LogP contribution in [0, 0.1) is 0 Å². The normalized spacial score (nSPS) is 19.1. The first-order valence-corrected chi connectivity index (χ1v) is 4.49. The van der Waals surface area contributed by atoms with Crippen molar-refractivity contribution in [3.05, 3.63) is 12.7 Å². The Kier molecular flexibility index (Phi) is 4.25. The van der Waals surface area contributed by atoms with Crippen molar-refractivity contribution in [2.45, 2.75) is 12.5 Å². The van der Waals surface area contributed by atoms with Crippen molar-refractivity contribution < 1.29 is 4.39 Å². The summed E-state index contributed by atoms with van der Waals surface area (Å²) in [4.78, 5) is 2.26. The van der Waals surface area contributed by atoms with Crippen LogP contribution in [0.15, 0.2) is 12.7 Å². The van der Waals surface area contributed by atoms with Gasteiger partial charge in [-0.25, -0.2) is 0 Å². The molecule has 1 saturated heterocycles. The summed E-state index contributed by atoms with van der Waals surface area (Å²) in [6.45, 7) is 7.35. The second-order valence-electron chi connectivity index (χ2n) is 3.20. The van der Waals surface area contributed by atoms with E-state index in [1.54, 1.807) is 0 Å². The third-order valence-corrected chi connectivity index (χ3v) is 2.12. The van der Waals surface area contributed by atoms with Crippen LogP contribution in [0.1, 0.15) is 6.42 Å². The lowest BCUT2D eigenvalue weighted by atomic mass is 10.1. The summed E-state index contributed by atoms with van der Waals surface area (Å²) in [6, 6.07) is 0.600. The molecule has 2 nitrogen and oxygen atoms in total. The molecule has 70 valence electrons. The molecule has 1 aliphatic heterocycles. The Labute approximate surface area is 73.4 Å². The van der Waals surface area contributed by atoms with Crippen LogP contribution in [-0.4, -0.2) is 43.8 Å². The van der Waals surface area contributed by atoms with Gasteiger partial charge in [-0.05, 0) is 6.42 Å². The van der Waals surface area contributed by atoms with Gasteiger partial charge in [-0.2, -0.15) is 0 Å². The number of hydrogen-bond donors (Lipinski definition) is 1. The molecule has 0 amide bonds. The van der Waals surface area contributed by atoms with Gasteiger partial charge in [-0.3, -0.25) is 4.39 Å². The van der Waals surface area contributed by atoms with Crippen molar-refractivity contribution in [2.24, 2.45) is 0 Å². The van der Waals surface area contributed by atoms with Crippen molar-refractivity contribution >= 4 is 0 Å². The van der Waals surface area contributed by atoms with Gasteiger partial charge in [0.05, 0.1) is 6.67 Å². The number of alkyl halides is 1. The lowest BCUT2D eigenvalue weighted by Crippen LogP contribution is -2.57. The van der Waals surface area contributed by atoms with E-state index in [1.165, 1.54) is 0 Å². The van der Waals surface area contributed by atoms with Gasteiger partial charge in [0.25, 0.3) is 0 Å². The first-order chi connectivity index (χ1) is 5.86. The van der Waals surface area contributed by atoms with E-state index in [9.17, 15) is 4.39 Å². The molecule has 12 heavy (non-hydrogen) atoms. The molecule has 1 aliphatic rings. The number of rotatable bonds is 6. The quantitative estimate of drug-likeness (QED) is 0.596. The van der Waals surface area contributed by atoms with Gasteiger partial charge in [0.1, 0.15) is 0 Å². The lowest BCUT2D eigenvalue weighted by Gasteiger charge is -2.39. The molecular formula is C9H17FN2. The summed E-state index contributed by atoms with van der Waals surface area (Å²) in [6.07, 6.45) is 2.54. The summed E-state index contributed by atoms with van der Waals surface area (Å²) in [5.41, 5.74) is 0. The Hall–Kier alpha value is -0.410. The monoisotopic (exact) mass is 172 g/mol. The summed E-state index contributed by atoms with van der Waals surface area (Å²) in [5, 5.41) is 3.32. The smallest absolute Gasteiger partial charge is 0.0906 e. The van der Waals surface area contributed by atoms with Crippen molar-refractivity contribution in [3.8, 4) is 0 Å². The van der Waals surface area contributed by atoms with Crippen LogP contribution in [0.3, 0.4) is 0 Å². The average molecular weight is 172 g/mol. The average Bonchev–Trinajstić information content (AvgIpc) is 2.01. The first-order valence-electron chi connectivity index (χ1n) is 4.49. The summed E-state index contributed by atoms with van der Waals surface area (Å²) >= 11 is 0. The number of nitrogens with one attached hydrogen (secondary N) is 1. The van der Waals surface area contributed by atoms with Gasteiger partial charge in [0, 0.05) is 32.2 Å². The van der Waals surface area contributed by atoms with E-state index in [0.29, 0.717) is 12.5 Å². The molecule has 1 fully saturated rings. The fourth-order valence-corrected chi connectivity index (χ4v) is 1.41. The maximum absolute atomic E-state index is 11.8.